The Kier molecular flexibility index (Phi) is 8.74. The van der Waals surface area contributed by atoms with Crippen molar-refractivity contribution in [1.82, 2.24) is 0 Å². The molecule has 0 radical (unpaired) electrons. The lowest BCUT2D eigenvalue weighted by Crippen LogP contribution is -2.35. The first-order chi connectivity index (χ1) is 11.9. The summed E-state index contributed by atoms with van der Waals surface area (Å²) in [5.74, 6) is 0.591. The van der Waals surface area contributed by atoms with Gasteiger partial charge in [0.25, 0.3) is 0 Å². The van der Waals surface area contributed by atoms with Crippen molar-refractivity contribution in [3.05, 3.63) is 36.0 Å². The molecule has 5 N–H and O–H groups in total. The summed E-state index contributed by atoms with van der Waals surface area (Å²) in [5.41, 5.74) is 6.36. The minimum Gasteiger partial charge on any atom is -0.388 e. The van der Waals surface area contributed by atoms with E-state index in [1.54, 1.807) is 6.92 Å². The summed E-state index contributed by atoms with van der Waals surface area (Å²) in [4.78, 5) is 0. The molecule has 1 saturated carbocycles. The molecule has 26 heavy (non-hydrogen) atoms. The van der Waals surface area contributed by atoms with Gasteiger partial charge in [-0.05, 0) is 62.4 Å². The van der Waals surface area contributed by atoms with E-state index in [2.05, 4.69) is 33.4 Å². The first kappa shape index (κ1) is 23.1. The molecule has 4 atom stereocenters. The molecule has 0 bridgehead atoms. The van der Waals surface area contributed by atoms with Gasteiger partial charge in [-0.3, -0.25) is 0 Å². The van der Waals surface area contributed by atoms with Crippen LogP contribution in [0.1, 0.15) is 72.6 Å². The number of nitrogens with two attached hydrogens (primary N) is 1. The zero-order valence-corrected chi connectivity index (χ0v) is 17.0. The van der Waals surface area contributed by atoms with Crippen LogP contribution in [0.25, 0.3) is 0 Å². The molecule has 0 aromatic carbocycles. The predicted molar refractivity (Wildman–Crippen MR) is 108 cm³/mol. The first-order valence-corrected chi connectivity index (χ1v) is 9.80. The average molecular weight is 366 g/mol. The summed E-state index contributed by atoms with van der Waals surface area (Å²) in [7, 11) is 0. The second-order valence-corrected chi connectivity index (χ2v) is 9.19. The number of hydrogen-bond acceptors (Lipinski definition) is 4. The third-order valence-electron chi connectivity index (χ3n) is 5.19. The number of allylic oxidation sites excluding steroid dienone is 3. The molecule has 1 unspecified atom stereocenters. The van der Waals surface area contributed by atoms with Crippen molar-refractivity contribution in [2.75, 3.05) is 0 Å². The first-order valence-electron chi connectivity index (χ1n) is 9.80. The topological polar surface area (TPSA) is 86.7 Å². The van der Waals surface area contributed by atoms with Crippen LogP contribution in [-0.4, -0.2) is 33.3 Å². The van der Waals surface area contributed by atoms with Gasteiger partial charge in [0.2, 0.25) is 0 Å². The van der Waals surface area contributed by atoms with Gasteiger partial charge < -0.3 is 21.1 Å². The van der Waals surface area contributed by atoms with E-state index in [-0.39, 0.29) is 5.41 Å². The quantitative estimate of drug-likeness (QED) is 0.369. The largest absolute Gasteiger partial charge is 0.388 e. The third kappa shape index (κ3) is 9.13. The molecule has 0 amide bonds. The van der Waals surface area contributed by atoms with Crippen molar-refractivity contribution in [2.45, 2.75) is 90.6 Å². The summed E-state index contributed by atoms with van der Waals surface area (Å²) < 4.78 is 0. The molecule has 4 nitrogen and oxygen atoms in total. The fraction of sp³-hybridized carbons (Fsp3) is 0.727. The Hall–Kier alpha value is -0.940. The highest BCUT2D eigenvalue weighted by atomic mass is 16.3. The molecule has 0 saturated heterocycles. The Morgan fingerprint density at radius 1 is 1.23 bits per heavy atom. The summed E-state index contributed by atoms with van der Waals surface area (Å²) in [6, 6.07) is 0. The Balaban J connectivity index is 2.41. The molecule has 0 heterocycles. The molecule has 1 fully saturated rings. The highest BCUT2D eigenvalue weighted by Crippen LogP contribution is 2.32. The van der Waals surface area contributed by atoms with Crippen LogP contribution in [0, 0.1) is 11.3 Å². The van der Waals surface area contributed by atoms with E-state index in [0.717, 1.165) is 31.3 Å². The van der Waals surface area contributed by atoms with Crippen LogP contribution in [-0.2, 0) is 0 Å². The van der Waals surface area contributed by atoms with Crippen LogP contribution in [0.4, 0.5) is 0 Å². The molecule has 0 aromatic heterocycles. The van der Waals surface area contributed by atoms with Gasteiger partial charge in [-0.1, -0.05) is 57.6 Å². The molecular formula is C22H39NO3. The Bertz CT molecular complexity index is 498. The lowest BCUT2D eigenvalue weighted by Gasteiger charge is -2.28. The number of hydrogen-bond donors (Lipinski definition) is 4. The van der Waals surface area contributed by atoms with E-state index in [1.807, 2.05) is 12.2 Å². The summed E-state index contributed by atoms with van der Waals surface area (Å²) >= 11 is 0. The standard InChI is InChI=1S/C22H39NO3/c1-16(9-8-12-22(5,23)26)15-21(3,4)11-7-6-10-18-13-19(24)17(2)20(25)14-18/h6-7,10,16,19-20,24-26H,2,8-9,11-15,23H2,1,3-5H3/b7-6+/t16-,19+,20+,22?/m0/s1. The van der Waals surface area contributed by atoms with E-state index in [1.165, 1.54) is 0 Å². The van der Waals surface area contributed by atoms with Crippen molar-refractivity contribution in [3.63, 3.8) is 0 Å². The van der Waals surface area contributed by atoms with Crippen LogP contribution in [0.3, 0.4) is 0 Å². The molecule has 1 aliphatic rings. The lowest BCUT2D eigenvalue weighted by molar-refractivity contribution is 0.0535. The van der Waals surface area contributed by atoms with E-state index in [9.17, 15) is 15.3 Å². The molecule has 1 aliphatic carbocycles. The highest BCUT2D eigenvalue weighted by Gasteiger charge is 2.25. The van der Waals surface area contributed by atoms with Gasteiger partial charge in [-0.25, -0.2) is 0 Å². The van der Waals surface area contributed by atoms with Crippen molar-refractivity contribution in [2.24, 2.45) is 17.1 Å². The van der Waals surface area contributed by atoms with Crippen LogP contribution in [0.15, 0.2) is 36.0 Å². The zero-order valence-electron chi connectivity index (χ0n) is 17.0. The van der Waals surface area contributed by atoms with Gasteiger partial charge in [0, 0.05) is 0 Å². The van der Waals surface area contributed by atoms with Crippen molar-refractivity contribution in [1.29, 1.82) is 0 Å². The smallest absolute Gasteiger partial charge is 0.110 e. The maximum absolute atomic E-state index is 9.88. The minimum absolute atomic E-state index is 0.208. The minimum atomic E-state index is -1.06. The number of rotatable bonds is 9. The van der Waals surface area contributed by atoms with Crippen molar-refractivity contribution < 1.29 is 15.3 Å². The monoisotopic (exact) mass is 365 g/mol. The molecular weight excluding hydrogens is 326 g/mol. The Morgan fingerprint density at radius 2 is 1.81 bits per heavy atom. The highest BCUT2D eigenvalue weighted by molar-refractivity contribution is 5.25. The number of aliphatic hydroxyl groups excluding tert-OH is 2. The maximum Gasteiger partial charge on any atom is 0.110 e. The van der Waals surface area contributed by atoms with Gasteiger partial charge in [0.05, 0.1) is 12.2 Å². The van der Waals surface area contributed by atoms with Gasteiger partial charge in [0.1, 0.15) is 5.72 Å². The third-order valence-corrected chi connectivity index (χ3v) is 5.19. The Morgan fingerprint density at radius 3 is 2.35 bits per heavy atom. The van der Waals surface area contributed by atoms with Crippen molar-refractivity contribution >= 4 is 0 Å². The van der Waals surface area contributed by atoms with Crippen molar-refractivity contribution in [3.8, 4) is 0 Å². The van der Waals surface area contributed by atoms with Gasteiger partial charge in [-0.2, -0.15) is 0 Å². The summed E-state index contributed by atoms with van der Waals surface area (Å²) in [5, 5.41) is 29.3. The second kappa shape index (κ2) is 9.84. The summed E-state index contributed by atoms with van der Waals surface area (Å²) in [6.45, 7) is 12.2. The molecule has 1 rings (SSSR count). The fourth-order valence-corrected chi connectivity index (χ4v) is 3.73. The van der Waals surface area contributed by atoms with Gasteiger partial charge >= 0.3 is 0 Å². The number of aliphatic hydroxyl groups is 3. The van der Waals surface area contributed by atoms with E-state index in [4.69, 9.17) is 5.73 Å². The molecule has 150 valence electrons. The molecule has 4 heteroatoms. The van der Waals surface area contributed by atoms with Gasteiger partial charge in [-0.15, -0.1) is 0 Å². The van der Waals surface area contributed by atoms with Crippen LogP contribution in [0.5, 0.6) is 0 Å². The van der Waals surface area contributed by atoms with E-state index >= 15 is 0 Å². The predicted octanol–water partition coefficient (Wildman–Crippen LogP) is 3.82. The normalized spacial score (nSPS) is 25.4. The lowest BCUT2D eigenvalue weighted by atomic mass is 9.79. The van der Waals surface area contributed by atoms with E-state index < -0.39 is 17.9 Å². The van der Waals surface area contributed by atoms with Crippen LogP contribution >= 0.6 is 0 Å². The molecule has 0 aliphatic heterocycles. The zero-order chi connectivity index (χ0) is 20.0. The Labute approximate surface area is 159 Å². The van der Waals surface area contributed by atoms with Gasteiger partial charge in [0.15, 0.2) is 0 Å². The second-order valence-electron chi connectivity index (χ2n) is 9.19. The van der Waals surface area contributed by atoms with Crippen LogP contribution in [0.2, 0.25) is 0 Å². The summed E-state index contributed by atoms with van der Waals surface area (Å²) in [6.07, 6.45) is 10.8. The van der Waals surface area contributed by atoms with E-state index in [0.29, 0.717) is 30.8 Å². The molecule has 0 spiro atoms. The molecule has 0 aromatic rings. The fourth-order valence-electron chi connectivity index (χ4n) is 3.73. The SMILES string of the molecule is C=C1[C@H](O)CC(=C/C=C/CC(C)(C)C[C@@H](C)CCCC(C)(N)O)C[C@H]1O. The average Bonchev–Trinajstić information content (AvgIpc) is 2.47. The van der Waals surface area contributed by atoms with Crippen LogP contribution < -0.4 is 5.73 Å². The maximum atomic E-state index is 9.88.